The third kappa shape index (κ3) is 9.22. The average Bonchev–Trinajstić information content (AvgIpc) is 2.91. The van der Waals surface area contributed by atoms with E-state index >= 15 is 0 Å². The van der Waals surface area contributed by atoms with Crippen molar-refractivity contribution in [3.63, 3.8) is 0 Å². The lowest BCUT2D eigenvalue weighted by atomic mass is 10.1. The van der Waals surface area contributed by atoms with E-state index in [0.717, 1.165) is 77.8 Å². The first-order valence-electron chi connectivity index (χ1n) is 13.6. The molecule has 2 aromatic carbocycles. The maximum atomic E-state index is 6.24. The van der Waals surface area contributed by atoms with Crippen LogP contribution in [0.5, 0.6) is 17.2 Å². The maximum absolute atomic E-state index is 6.24. The molecular weight excluding hydrogens is 470 g/mol. The van der Waals surface area contributed by atoms with Gasteiger partial charge in [0.2, 0.25) is 0 Å². The highest BCUT2D eigenvalue weighted by Gasteiger charge is 2.08. The number of aliphatic imine (C=N–C) groups is 1. The van der Waals surface area contributed by atoms with Crippen molar-refractivity contribution in [3.05, 3.63) is 90.3 Å². The summed E-state index contributed by atoms with van der Waals surface area (Å²) < 4.78 is 12.1. The zero-order valence-corrected chi connectivity index (χ0v) is 23.4. The maximum Gasteiger partial charge on any atom is 0.131 e. The molecule has 3 aromatic rings. The summed E-state index contributed by atoms with van der Waals surface area (Å²) in [6.45, 7) is 9.38. The monoisotopic (exact) mass is 511 g/mol. The number of ether oxygens (including phenoxy) is 2. The van der Waals surface area contributed by atoms with Crippen LogP contribution >= 0.6 is 0 Å². The van der Waals surface area contributed by atoms with Crippen LogP contribution in [-0.4, -0.2) is 24.9 Å². The number of pyridine rings is 1. The van der Waals surface area contributed by atoms with Crippen LogP contribution in [-0.2, 0) is 0 Å². The summed E-state index contributed by atoms with van der Waals surface area (Å²) >= 11 is 0. The van der Waals surface area contributed by atoms with Gasteiger partial charge >= 0.3 is 0 Å². The Morgan fingerprint density at radius 1 is 0.974 bits per heavy atom. The van der Waals surface area contributed by atoms with E-state index < -0.39 is 0 Å². The Balaban J connectivity index is 1.77. The predicted molar refractivity (Wildman–Crippen MR) is 161 cm³/mol. The van der Waals surface area contributed by atoms with Crippen LogP contribution < -0.4 is 14.8 Å². The van der Waals surface area contributed by atoms with Crippen molar-refractivity contribution < 1.29 is 9.47 Å². The van der Waals surface area contributed by atoms with Gasteiger partial charge in [0, 0.05) is 48.5 Å². The van der Waals surface area contributed by atoms with E-state index in [4.69, 9.17) is 9.47 Å². The number of allylic oxidation sites excluding steroid dienone is 3. The van der Waals surface area contributed by atoms with Crippen LogP contribution in [0.2, 0.25) is 0 Å². The molecule has 0 radical (unpaired) electrons. The first kappa shape index (κ1) is 28.7. The minimum Gasteiger partial charge on any atom is -0.494 e. The molecule has 0 bridgehead atoms. The van der Waals surface area contributed by atoms with Gasteiger partial charge in [0.15, 0.2) is 0 Å². The molecule has 1 N–H and O–H groups in total. The van der Waals surface area contributed by atoms with Crippen LogP contribution in [0.4, 0.5) is 5.69 Å². The molecule has 0 aliphatic rings. The van der Waals surface area contributed by atoms with E-state index in [-0.39, 0.29) is 0 Å². The Morgan fingerprint density at radius 3 is 2.47 bits per heavy atom. The zero-order chi connectivity index (χ0) is 27.2. The van der Waals surface area contributed by atoms with E-state index in [1.54, 1.807) is 13.2 Å². The Labute approximate surface area is 228 Å². The second-order valence-corrected chi connectivity index (χ2v) is 9.52. The van der Waals surface area contributed by atoms with Crippen molar-refractivity contribution >= 4 is 23.2 Å². The van der Waals surface area contributed by atoms with Crippen molar-refractivity contribution in [2.45, 2.75) is 53.4 Å². The Kier molecular flexibility index (Phi) is 11.6. The Bertz CT molecular complexity index is 1230. The molecule has 0 aliphatic heterocycles. The zero-order valence-electron chi connectivity index (χ0n) is 23.4. The fraction of sp³-hybridized carbons (Fsp3) is 0.333. The van der Waals surface area contributed by atoms with Gasteiger partial charge in [0.25, 0.3) is 0 Å². The molecule has 0 fully saturated rings. The van der Waals surface area contributed by atoms with Gasteiger partial charge in [-0.25, -0.2) is 0 Å². The van der Waals surface area contributed by atoms with Crippen molar-refractivity contribution in [2.24, 2.45) is 10.9 Å². The fourth-order valence-electron chi connectivity index (χ4n) is 3.85. The summed E-state index contributed by atoms with van der Waals surface area (Å²) in [5.41, 5.74) is 4.96. The summed E-state index contributed by atoms with van der Waals surface area (Å²) in [7, 11) is 1.77. The second-order valence-electron chi connectivity index (χ2n) is 9.52. The molecule has 0 amide bonds. The number of aromatic nitrogens is 1. The van der Waals surface area contributed by atoms with Crippen molar-refractivity contribution in [2.75, 3.05) is 19.0 Å². The standard InChI is InChI=1S/C33H41N3O2/c1-6-8-13-32(26-14-16-29(17-15-26)37-20-9-7-2)36-28-11-10-12-30(22-28)38-31-18-19-35-33(23-31)27(24-34-5)21-25(3)4/h10-19,21-25,36H,6-9,20H2,1-5H3/b27-21+,32-13-,34-24?. The van der Waals surface area contributed by atoms with Gasteiger partial charge in [-0.2, -0.15) is 0 Å². The van der Waals surface area contributed by atoms with Crippen LogP contribution in [0.1, 0.15) is 64.6 Å². The molecule has 0 aliphatic carbocycles. The lowest BCUT2D eigenvalue weighted by Gasteiger charge is -2.14. The van der Waals surface area contributed by atoms with Crippen LogP contribution in [0.25, 0.3) is 11.3 Å². The molecule has 3 rings (SSSR count). The average molecular weight is 512 g/mol. The van der Waals surface area contributed by atoms with E-state index in [1.807, 2.05) is 54.7 Å². The first-order chi connectivity index (χ1) is 18.5. The number of unbranched alkanes of at least 4 members (excludes halogenated alkanes) is 2. The number of benzene rings is 2. The molecule has 0 saturated carbocycles. The van der Waals surface area contributed by atoms with E-state index in [2.05, 4.69) is 67.3 Å². The highest BCUT2D eigenvalue weighted by molar-refractivity contribution is 6.09. The molecular formula is C33H41N3O2. The number of hydrogen-bond donors (Lipinski definition) is 1. The fourth-order valence-corrected chi connectivity index (χ4v) is 3.85. The Morgan fingerprint density at radius 2 is 1.76 bits per heavy atom. The first-order valence-corrected chi connectivity index (χ1v) is 13.6. The highest BCUT2D eigenvalue weighted by Crippen LogP contribution is 2.28. The van der Waals surface area contributed by atoms with Gasteiger partial charge in [-0.3, -0.25) is 9.98 Å². The topological polar surface area (TPSA) is 55.7 Å². The number of nitrogens with zero attached hydrogens (tertiary/aromatic N) is 2. The van der Waals surface area contributed by atoms with Gasteiger partial charge in [0.05, 0.1) is 12.3 Å². The minimum absolute atomic E-state index is 0.386. The third-order valence-electron chi connectivity index (χ3n) is 5.73. The molecule has 38 heavy (non-hydrogen) atoms. The van der Waals surface area contributed by atoms with E-state index in [1.165, 1.54) is 0 Å². The summed E-state index contributed by atoms with van der Waals surface area (Å²) in [5, 5.41) is 3.60. The molecule has 0 unspecified atom stereocenters. The molecule has 0 saturated heterocycles. The van der Waals surface area contributed by atoms with Crippen molar-refractivity contribution in [1.82, 2.24) is 4.98 Å². The predicted octanol–water partition coefficient (Wildman–Crippen LogP) is 9.05. The van der Waals surface area contributed by atoms with Crippen LogP contribution in [0.3, 0.4) is 0 Å². The van der Waals surface area contributed by atoms with Gasteiger partial charge in [-0.15, -0.1) is 0 Å². The molecule has 1 heterocycles. The number of hydrogen-bond acceptors (Lipinski definition) is 5. The quantitative estimate of drug-likeness (QED) is 0.173. The largest absolute Gasteiger partial charge is 0.494 e. The normalized spacial score (nSPS) is 12.3. The van der Waals surface area contributed by atoms with Gasteiger partial charge in [-0.05, 0) is 66.8 Å². The molecule has 5 nitrogen and oxygen atoms in total. The van der Waals surface area contributed by atoms with E-state index in [0.29, 0.717) is 5.92 Å². The lowest BCUT2D eigenvalue weighted by Crippen LogP contribution is -2.00. The van der Waals surface area contributed by atoms with Gasteiger partial charge < -0.3 is 14.8 Å². The number of nitrogens with one attached hydrogen (secondary N) is 1. The second kappa shape index (κ2) is 15.4. The van der Waals surface area contributed by atoms with Gasteiger partial charge in [-0.1, -0.05) is 58.8 Å². The van der Waals surface area contributed by atoms with Crippen molar-refractivity contribution in [1.29, 1.82) is 0 Å². The van der Waals surface area contributed by atoms with Crippen molar-refractivity contribution in [3.8, 4) is 17.2 Å². The number of anilines is 1. The lowest BCUT2D eigenvalue weighted by molar-refractivity contribution is 0.309. The minimum atomic E-state index is 0.386. The Hall–Kier alpha value is -3.86. The SMILES string of the molecule is CCC/C=C(\Nc1cccc(Oc2ccnc(/C(C=NC)=C/C(C)C)c2)c1)c1ccc(OCCCC)cc1. The highest BCUT2D eigenvalue weighted by atomic mass is 16.5. The molecule has 0 atom stereocenters. The van der Waals surface area contributed by atoms with E-state index in [9.17, 15) is 0 Å². The number of rotatable bonds is 14. The summed E-state index contributed by atoms with van der Waals surface area (Å²) in [5.74, 6) is 2.77. The third-order valence-corrected chi connectivity index (χ3v) is 5.73. The smallest absolute Gasteiger partial charge is 0.131 e. The summed E-state index contributed by atoms with van der Waals surface area (Å²) in [4.78, 5) is 8.72. The molecule has 200 valence electrons. The molecule has 5 heteroatoms. The molecule has 0 spiro atoms. The summed E-state index contributed by atoms with van der Waals surface area (Å²) in [6.07, 6.45) is 12.3. The van der Waals surface area contributed by atoms with Crippen LogP contribution in [0, 0.1) is 5.92 Å². The molecule has 1 aromatic heterocycles. The van der Waals surface area contributed by atoms with Gasteiger partial charge in [0.1, 0.15) is 17.2 Å². The summed E-state index contributed by atoms with van der Waals surface area (Å²) in [6, 6.07) is 20.1. The van der Waals surface area contributed by atoms with Crippen LogP contribution in [0.15, 0.2) is 84.0 Å².